The Balaban J connectivity index is 2.30. The Morgan fingerprint density at radius 3 is 2.55 bits per heavy atom. The molecule has 2 aromatic rings. The van der Waals surface area contributed by atoms with Gasteiger partial charge < -0.3 is 5.32 Å². The molecular weight excluding hydrogens is 310 g/mol. The highest BCUT2D eigenvalue weighted by Gasteiger charge is 2.15. The average molecular weight is 332 g/mol. The highest BCUT2D eigenvalue weighted by atomic mass is 79.9. The first-order valence-electron chi connectivity index (χ1n) is 7.07. The molecule has 1 N–H and O–H groups in total. The smallest absolute Gasteiger partial charge is 0.0210 e. The Morgan fingerprint density at radius 2 is 1.85 bits per heavy atom. The number of benzene rings is 2. The van der Waals surface area contributed by atoms with Gasteiger partial charge in [-0.05, 0) is 50.1 Å². The van der Waals surface area contributed by atoms with E-state index in [-0.39, 0.29) is 0 Å². The predicted octanol–water partition coefficient (Wildman–Crippen LogP) is 4.61. The van der Waals surface area contributed by atoms with E-state index in [0.29, 0.717) is 5.92 Å². The van der Waals surface area contributed by atoms with Crippen molar-refractivity contribution in [2.24, 2.45) is 0 Å². The van der Waals surface area contributed by atoms with Crippen LogP contribution in [-0.4, -0.2) is 13.6 Å². The molecule has 0 bridgehead atoms. The topological polar surface area (TPSA) is 12.0 Å². The molecule has 2 rings (SSSR count). The summed E-state index contributed by atoms with van der Waals surface area (Å²) in [5, 5.41) is 3.33. The van der Waals surface area contributed by atoms with Gasteiger partial charge in [0, 0.05) is 16.9 Å². The molecular formula is C18H22BrN. The van der Waals surface area contributed by atoms with Crippen LogP contribution >= 0.6 is 15.9 Å². The van der Waals surface area contributed by atoms with Gasteiger partial charge in [-0.15, -0.1) is 0 Å². The van der Waals surface area contributed by atoms with Crippen LogP contribution in [0.1, 0.15) is 28.2 Å². The van der Waals surface area contributed by atoms with Crippen molar-refractivity contribution in [1.29, 1.82) is 0 Å². The van der Waals surface area contributed by atoms with Crippen LogP contribution in [0.3, 0.4) is 0 Å². The van der Waals surface area contributed by atoms with Crippen molar-refractivity contribution >= 4 is 15.9 Å². The lowest BCUT2D eigenvalue weighted by Gasteiger charge is -2.20. The van der Waals surface area contributed by atoms with Crippen LogP contribution in [0.15, 0.2) is 46.9 Å². The fraction of sp³-hybridized carbons (Fsp3) is 0.333. The van der Waals surface area contributed by atoms with Gasteiger partial charge in [0.25, 0.3) is 0 Å². The zero-order chi connectivity index (χ0) is 14.5. The minimum Gasteiger partial charge on any atom is -0.319 e. The van der Waals surface area contributed by atoms with E-state index in [0.717, 1.165) is 13.0 Å². The maximum atomic E-state index is 3.69. The monoisotopic (exact) mass is 331 g/mol. The summed E-state index contributed by atoms with van der Waals surface area (Å²) in [4.78, 5) is 0. The van der Waals surface area contributed by atoms with Crippen LogP contribution in [0.25, 0.3) is 0 Å². The van der Waals surface area contributed by atoms with Crippen LogP contribution in [0.4, 0.5) is 0 Å². The normalized spacial score (nSPS) is 12.4. The lowest BCUT2D eigenvalue weighted by atomic mass is 9.89. The highest BCUT2D eigenvalue weighted by molar-refractivity contribution is 9.10. The quantitative estimate of drug-likeness (QED) is 0.843. The molecule has 0 aromatic heterocycles. The van der Waals surface area contributed by atoms with Crippen molar-refractivity contribution in [2.45, 2.75) is 26.2 Å². The Hall–Kier alpha value is -1.12. The second-order valence-electron chi connectivity index (χ2n) is 5.41. The summed E-state index contributed by atoms with van der Waals surface area (Å²) in [6.45, 7) is 5.34. The number of aryl methyl sites for hydroxylation is 2. The first-order chi connectivity index (χ1) is 9.61. The summed E-state index contributed by atoms with van der Waals surface area (Å²) in [6, 6.07) is 15.3. The zero-order valence-electron chi connectivity index (χ0n) is 12.4. The first-order valence-corrected chi connectivity index (χ1v) is 7.86. The van der Waals surface area contributed by atoms with Crippen LogP contribution in [0.5, 0.6) is 0 Å². The third kappa shape index (κ3) is 3.71. The van der Waals surface area contributed by atoms with E-state index in [1.165, 1.54) is 26.7 Å². The molecule has 106 valence electrons. The van der Waals surface area contributed by atoms with Crippen LogP contribution in [0, 0.1) is 13.8 Å². The van der Waals surface area contributed by atoms with Crippen LogP contribution < -0.4 is 5.32 Å². The summed E-state index contributed by atoms with van der Waals surface area (Å²) in [5.74, 6) is 0.482. The van der Waals surface area contributed by atoms with Gasteiger partial charge >= 0.3 is 0 Å². The van der Waals surface area contributed by atoms with Crippen molar-refractivity contribution in [3.63, 3.8) is 0 Å². The maximum Gasteiger partial charge on any atom is 0.0210 e. The van der Waals surface area contributed by atoms with Gasteiger partial charge in [0.15, 0.2) is 0 Å². The highest BCUT2D eigenvalue weighted by Crippen LogP contribution is 2.28. The van der Waals surface area contributed by atoms with Gasteiger partial charge in [-0.25, -0.2) is 0 Å². The number of hydrogen-bond donors (Lipinski definition) is 1. The molecule has 0 radical (unpaired) electrons. The molecule has 2 heteroatoms. The van der Waals surface area contributed by atoms with Crippen molar-refractivity contribution in [2.75, 3.05) is 13.6 Å². The lowest BCUT2D eigenvalue weighted by Crippen LogP contribution is -2.20. The molecule has 0 aliphatic carbocycles. The second-order valence-corrected chi connectivity index (χ2v) is 6.26. The molecule has 0 spiro atoms. The van der Waals surface area contributed by atoms with Crippen LogP contribution in [-0.2, 0) is 6.42 Å². The van der Waals surface area contributed by atoms with E-state index in [4.69, 9.17) is 0 Å². The molecule has 2 aromatic carbocycles. The Morgan fingerprint density at radius 1 is 1.10 bits per heavy atom. The maximum absolute atomic E-state index is 3.69. The molecule has 20 heavy (non-hydrogen) atoms. The van der Waals surface area contributed by atoms with E-state index >= 15 is 0 Å². The fourth-order valence-electron chi connectivity index (χ4n) is 2.63. The summed E-state index contributed by atoms with van der Waals surface area (Å²) in [6.07, 6.45) is 1.07. The number of likely N-dealkylation sites (N-methyl/N-ethyl adjacent to an activating group) is 1. The van der Waals surface area contributed by atoms with Gasteiger partial charge in [-0.2, -0.15) is 0 Å². The van der Waals surface area contributed by atoms with E-state index in [1.54, 1.807) is 0 Å². The van der Waals surface area contributed by atoms with E-state index in [1.807, 2.05) is 7.05 Å². The molecule has 0 saturated heterocycles. The van der Waals surface area contributed by atoms with E-state index in [9.17, 15) is 0 Å². The molecule has 0 aliphatic heterocycles. The van der Waals surface area contributed by atoms with Gasteiger partial charge in [-0.1, -0.05) is 57.9 Å². The number of halogens is 1. The molecule has 1 unspecified atom stereocenters. The van der Waals surface area contributed by atoms with Gasteiger partial charge in [0.2, 0.25) is 0 Å². The Labute approximate surface area is 130 Å². The molecule has 1 atom stereocenters. The predicted molar refractivity (Wildman–Crippen MR) is 90.4 cm³/mol. The summed E-state index contributed by atoms with van der Waals surface area (Å²) in [5.41, 5.74) is 5.54. The minimum atomic E-state index is 0.482. The summed E-state index contributed by atoms with van der Waals surface area (Å²) in [7, 11) is 2.02. The second kappa shape index (κ2) is 7.05. The summed E-state index contributed by atoms with van der Waals surface area (Å²) >= 11 is 3.69. The lowest BCUT2D eigenvalue weighted by molar-refractivity contribution is 0.622. The number of hydrogen-bond acceptors (Lipinski definition) is 1. The first kappa shape index (κ1) is 15.3. The van der Waals surface area contributed by atoms with Crippen molar-refractivity contribution < 1.29 is 0 Å². The standard InChI is InChI=1S/C18H22BrN/c1-13-8-9-14(2)15(10-13)11-16(12-20-3)17-6-4-5-7-18(17)19/h4-10,16,20H,11-12H2,1-3H3. The third-order valence-electron chi connectivity index (χ3n) is 3.77. The molecule has 0 aliphatic rings. The van der Waals surface area contributed by atoms with Gasteiger partial charge in [0.1, 0.15) is 0 Å². The minimum absolute atomic E-state index is 0.482. The average Bonchev–Trinajstić information content (AvgIpc) is 2.43. The van der Waals surface area contributed by atoms with Crippen molar-refractivity contribution in [3.8, 4) is 0 Å². The SMILES string of the molecule is CNCC(Cc1cc(C)ccc1C)c1ccccc1Br. The number of rotatable bonds is 5. The van der Waals surface area contributed by atoms with Crippen molar-refractivity contribution in [3.05, 3.63) is 69.2 Å². The molecule has 0 fully saturated rings. The zero-order valence-corrected chi connectivity index (χ0v) is 14.0. The van der Waals surface area contributed by atoms with E-state index in [2.05, 4.69) is 77.6 Å². The Bertz CT molecular complexity index is 577. The molecule has 0 saturated carbocycles. The van der Waals surface area contributed by atoms with Crippen LogP contribution in [0.2, 0.25) is 0 Å². The number of nitrogens with one attached hydrogen (secondary N) is 1. The fourth-order valence-corrected chi connectivity index (χ4v) is 3.24. The van der Waals surface area contributed by atoms with E-state index < -0.39 is 0 Å². The molecule has 0 amide bonds. The van der Waals surface area contributed by atoms with Gasteiger partial charge in [0.05, 0.1) is 0 Å². The third-order valence-corrected chi connectivity index (χ3v) is 4.49. The largest absolute Gasteiger partial charge is 0.319 e. The Kier molecular flexibility index (Phi) is 5.38. The van der Waals surface area contributed by atoms with Gasteiger partial charge in [-0.3, -0.25) is 0 Å². The van der Waals surface area contributed by atoms with Crippen molar-refractivity contribution in [1.82, 2.24) is 5.32 Å². The summed E-state index contributed by atoms with van der Waals surface area (Å²) < 4.78 is 1.20. The molecule has 0 heterocycles. The molecule has 1 nitrogen and oxygen atoms in total.